The molecule has 7 heteroatoms. The minimum absolute atomic E-state index is 0. The molecule has 0 aromatic heterocycles. The van der Waals surface area contributed by atoms with E-state index in [0.29, 0.717) is 17.0 Å². The largest absolute Gasteiger partial charge is 0.496 e. The van der Waals surface area contributed by atoms with Gasteiger partial charge in [-0.3, -0.25) is 4.99 Å². The van der Waals surface area contributed by atoms with E-state index in [0.717, 1.165) is 36.8 Å². The van der Waals surface area contributed by atoms with Gasteiger partial charge in [0.05, 0.1) is 7.11 Å². The number of nitrogens with one attached hydrogen (secondary N) is 2. The molecule has 1 aromatic carbocycles. The van der Waals surface area contributed by atoms with Crippen molar-refractivity contribution in [3.05, 3.63) is 28.8 Å². The predicted molar refractivity (Wildman–Crippen MR) is 114 cm³/mol. The van der Waals surface area contributed by atoms with Crippen LogP contribution in [0.25, 0.3) is 0 Å². The number of rotatable bonds is 8. The third-order valence-corrected chi connectivity index (χ3v) is 5.04. The standard InChI is InChI=1S/C18H28ClN3O2.HI/c1-20-17(22-13-18(7-4-8-18)9-10-23-2)21-12-14-5-6-15(19)11-16(14)24-3;/h5-6,11H,4,7-10,12-13H2,1-3H3,(H2,20,21,22);1H. The highest BCUT2D eigenvalue weighted by atomic mass is 127. The van der Waals surface area contributed by atoms with Crippen LogP contribution in [0.2, 0.25) is 5.02 Å². The van der Waals surface area contributed by atoms with Crippen LogP contribution in [0.4, 0.5) is 0 Å². The average Bonchev–Trinajstić information content (AvgIpc) is 2.56. The molecule has 0 bridgehead atoms. The maximum Gasteiger partial charge on any atom is 0.191 e. The molecule has 0 saturated heterocycles. The van der Waals surface area contributed by atoms with E-state index in [9.17, 15) is 0 Å². The highest BCUT2D eigenvalue weighted by Gasteiger charge is 2.36. The summed E-state index contributed by atoms with van der Waals surface area (Å²) in [7, 11) is 5.20. The summed E-state index contributed by atoms with van der Waals surface area (Å²) in [4.78, 5) is 4.31. The molecule has 5 nitrogen and oxygen atoms in total. The SMILES string of the molecule is CN=C(NCc1ccc(Cl)cc1OC)NCC1(CCOC)CCC1.I. The van der Waals surface area contributed by atoms with Crippen molar-refractivity contribution in [1.29, 1.82) is 0 Å². The summed E-state index contributed by atoms with van der Waals surface area (Å²) in [5.74, 6) is 1.58. The van der Waals surface area contributed by atoms with Crippen LogP contribution in [0.15, 0.2) is 23.2 Å². The molecule has 0 radical (unpaired) electrons. The van der Waals surface area contributed by atoms with Gasteiger partial charge in [0.25, 0.3) is 0 Å². The number of nitrogens with zero attached hydrogens (tertiary/aromatic N) is 1. The molecule has 0 heterocycles. The number of hydrogen-bond acceptors (Lipinski definition) is 3. The summed E-state index contributed by atoms with van der Waals surface area (Å²) in [6.45, 7) is 2.37. The third kappa shape index (κ3) is 6.49. The monoisotopic (exact) mass is 481 g/mol. The van der Waals surface area contributed by atoms with Crippen molar-refractivity contribution >= 4 is 41.5 Å². The van der Waals surface area contributed by atoms with Gasteiger partial charge >= 0.3 is 0 Å². The molecule has 0 spiro atoms. The second kappa shape index (κ2) is 11.1. The summed E-state index contributed by atoms with van der Waals surface area (Å²) < 4.78 is 10.6. The van der Waals surface area contributed by atoms with E-state index in [2.05, 4.69) is 15.6 Å². The Morgan fingerprint density at radius 3 is 2.60 bits per heavy atom. The van der Waals surface area contributed by atoms with Gasteiger partial charge in [0.2, 0.25) is 0 Å². The first-order valence-electron chi connectivity index (χ1n) is 8.38. The van der Waals surface area contributed by atoms with Crippen molar-refractivity contribution < 1.29 is 9.47 Å². The summed E-state index contributed by atoms with van der Waals surface area (Å²) in [6.07, 6.45) is 4.91. The van der Waals surface area contributed by atoms with E-state index in [-0.39, 0.29) is 24.0 Å². The second-order valence-corrected chi connectivity index (χ2v) is 6.77. The number of methoxy groups -OCH3 is 2. The quantitative estimate of drug-likeness (QED) is 0.337. The van der Waals surface area contributed by atoms with Crippen LogP contribution in [0, 0.1) is 5.41 Å². The normalized spacial score (nSPS) is 15.8. The van der Waals surface area contributed by atoms with Crippen LogP contribution in [0.1, 0.15) is 31.2 Å². The van der Waals surface area contributed by atoms with Gasteiger partial charge in [-0.1, -0.05) is 24.1 Å². The molecule has 1 saturated carbocycles. The Morgan fingerprint density at radius 1 is 1.28 bits per heavy atom. The Kier molecular flexibility index (Phi) is 9.89. The fourth-order valence-electron chi connectivity index (χ4n) is 3.05. The Bertz CT molecular complexity index is 565. The molecule has 2 N–H and O–H groups in total. The fourth-order valence-corrected chi connectivity index (χ4v) is 3.21. The van der Waals surface area contributed by atoms with E-state index in [4.69, 9.17) is 21.1 Å². The van der Waals surface area contributed by atoms with E-state index in [1.165, 1.54) is 19.3 Å². The van der Waals surface area contributed by atoms with Crippen molar-refractivity contribution in [1.82, 2.24) is 10.6 Å². The van der Waals surface area contributed by atoms with Crippen molar-refractivity contribution in [2.75, 3.05) is 34.4 Å². The van der Waals surface area contributed by atoms with Gasteiger partial charge in [0.1, 0.15) is 5.75 Å². The number of aliphatic imine (C=N–C) groups is 1. The first-order chi connectivity index (χ1) is 11.6. The maximum absolute atomic E-state index is 6.00. The molecule has 0 amide bonds. The second-order valence-electron chi connectivity index (χ2n) is 6.33. The number of ether oxygens (including phenoxy) is 2. The van der Waals surface area contributed by atoms with Gasteiger partial charge in [-0.05, 0) is 36.8 Å². The lowest BCUT2D eigenvalue weighted by Crippen LogP contribution is -2.46. The van der Waals surface area contributed by atoms with E-state index >= 15 is 0 Å². The fraction of sp³-hybridized carbons (Fsp3) is 0.611. The molecule has 1 aliphatic carbocycles. The Hall–Kier alpha value is -0.730. The molecule has 1 fully saturated rings. The van der Waals surface area contributed by atoms with Gasteiger partial charge < -0.3 is 20.1 Å². The molecular weight excluding hydrogens is 453 g/mol. The van der Waals surface area contributed by atoms with Crippen molar-refractivity contribution in [2.24, 2.45) is 10.4 Å². The Morgan fingerprint density at radius 2 is 2.04 bits per heavy atom. The highest BCUT2D eigenvalue weighted by molar-refractivity contribution is 14.0. The first-order valence-corrected chi connectivity index (χ1v) is 8.76. The number of halogens is 2. The molecule has 25 heavy (non-hydrogen) atoms. The van der Waals surface area contributed by atoms with E-state index in [1.54, 1.807) is 21.3 Å². The van der Waals surface area contributed by atoms with Gasteiger partial charge in [-0.2, -0.15) is 0 Å². The molecule has 0 aliphatic heterocycles. The van der Waals surface area contributed by atoms with Gasteiger partial charge in [-0.25, -0.2) is 0 Å². The van der Waals surface area contributed by atoms with Crippen LogP contribution in [-0.2, 0) is 11.3 Å². The lowest BCUT2D eigenvalue weighted by Gasteiger charge is -2.42. The zero-order valence-corrected chi connectivity index (χ0v) is 18.3. The molecule has 142 valence electrons. The molecule has 1 aliphatic rings. The van der Waals surface area contributed by atoms with Crippen LogP contribution in [0.3, 0.4) is 0 Å². The van der Waals surface area contributed by atoms with Crippen LogP contribution in [-0.4, -0.2) is 40.4 Å². The number of benzene rings is 1. The van der Waals surface area contributed by atoms with Gasteiger partial charge in [0.15, 0.2) is 5.96 Å². The van der Waals surface area contributed by atoms with Crippen molar-refractivity contribution in [3.8, 4) is 5.75 Å². The zero-order valence-electron chi connectivity index (χ0n) is 15.2. The average molecular weight is 482 g/mol. The van der Waals surface area contributed by atoms with Crippen LogP contribution < -0.4 is 15.4 Å². The lowest BCUT2D eigenvalue weighted by molar-refractivity contribution is 0.0732. The molecule has 0 unspecified atom stereocenters. The van der Waals surface area contributed by atoms with E-state index < -0.39 is 0 Å². The topological polar surface area (TPSA) is 54.9 Å². The maximum atomic E-state index is 6.00. The van der Waals surface area contributed by atoms with Gasteiger partial charge in [0, 0.05) is 44.4 Å². The smallest absolute Gasteiger partial charge is 0.191 e. The summed E-state index contributed by atoms with van der Waals surface area (Å²) in [5.41, 5.74) is 1.40. The molecule has 1 aromatic rings. The number of hydrogen-bond donors (Lipinski definition) is 2. The first kappa shape index (κ1) is 22.3. The zero-order chi connectivity index (χ0) is 17.4. The molecular formula is C18H29ClIN3O2. The molecule has 2 rings (SSSR count). The highest BCUT2D eigenvalue weighted by Crippen LogP contribution is 2.43. The number of guanidine groups is 1. The molecule has 0 atom stereocenters. The Labute approximate surface area is 172 Å². The third-order valence-electron chi connectivity index (χ3n) is 4.80. The van der Waals surface area contributed by atoms with Crippen LogP contribution >= 0.6 is 35.6 Å². The Balaban J connectivity index is 0.00000312. The predicted octanol–water partition coefficient (Wildman–Crippen LogP) is 3.84. The van der Waals surface area contributed by atoms with Gasteiger partial charge in [-0.15, -0.1) is 24.0 Å². The summed E-state index contributed by atoms with van der Waals surface area (Å²) >= 11 is 6.00. The van der Waals surface area contributed by atoms with E-state index in [1.807, 2.05) is 18.2 Å². The minimum Gasteiger partial charge on any atom is -0.496 e. The van der Waals surface area contributed by atoms with Crippen LogP contribution in [0.5, 0.6) is 5.75 Å². The minimum atomic E-state index is 0. The summed E-state index contributed by atoms with van der Waals surface area (Å²) in [5, 5.41) is 7.47. The summed E-state index contributed by atoms with van der Waals surface area (Å²) in [6, 6.07) is 5.65. The van der Waals surface area contributed by atoms with Crippen molar-refractivity contribution in [3.63, 3.8) is 0 Å². The lowest BCUT2D eigenvalue weighted by atomic mass is 9.67. The van der Waals surface area contributed by atoms with Crippen molar-refractivity contribution in [2.45, 2.75) is 32.2 Å².